The molecule has 0 aliphatic carbocycles. The summed E-state index contributed by atoms with van der Waals surface area (Å²) in [6, 6.07) is 14.4. The number of nitrogens with zero attached hydrogens (tertiary/aromatic N) is 1. The van der Waals surface area contributed by atoms with Crippen LogP contribution < -0.4 is 5.32 Å². The van der Waals surface area contributed by atoms with Crippen molar-refractivity contribution in [2.45, 2.75) is 51.2 Å². The number of nitrogens with one attached hydrogen (secondary N) is 1. The van der Waals surface area contributed by atoms with Gasteiger partial charge in [0.2, 0.25) is 0 Å². The summed E-state index contributed by atoms with van der Waals surface area (Å²) in [5, 5.41) is 13.6. The Kier molecular flexibility index (Phi) is 5.87. The summed E-state index contributed by atoms with van der Waals surface area (Å²) >= 11 is 0. The van der Waals surface area contributed by atoms with Gasteiger partial charge < -0.3 is 10.4 Å². The number of anilines is 1. The summed E-state index contributed by atoms with van der Waals surface area (Å²) in [5.74, 6) is -0.596. The second kappa shape index (κ2) is 8.02. The Hall–Kier alpha value is -2.24. The highest BCUT2D eigenvalue weighted by molar-refractivity contribution is 5.97. The molecular weight excluding hydrogens is 355 g/mol. The first-order chi connectivity index (χ1) is 13.2. The third kappa shape index (κ3) is 4.78. The quantitative estimate of drug-likeness (QED) is 0.835. The number of amides is 1. The molecule has 5 heteroatoms. The van der Waals surface area contributed by atoms with E-state index in [0.29, 0.717) is 43.7 Å². The molecule has 1 fully saturated rings. The number of carbonyl (C=O) groups excluding carboxylic acids is 1. The van der Waals surface area contributed by atoms with E-state index in [9.17, 15) is 14.3 Å². The molecule has 0 radical (unpaired) electrons. The van der Waals surface area contributed by atoms with Crippen molar-refractivity contribution in [2.24, 2.45) is 0 Å². The minimum atomic E-state index is -1.39. The van der Waals surface area contributed by atoms with Crippen LogP contribution in [0.25, 0.3) is 0 Å². The number of aliphatic hydroxyl groups is 1. The average Bonchev–Trinajstić information content (AvgIpc) is 2.65. The Morgan fingerprint density at radius 1 is 1.11 bits per heavy atom. The maximum absolute atomic E-state index is 13.8. The Bertz CT molecular complexity index is 819. The Balaban J connectivity index is 1.57. The standard InChI is InChI=1S/C23H29FN2O2/c1-22(2,3)18-8-10-19(11-9-18)25-21(27)23(28)12-14-26(15-13-23)16-17-6-4-5-7-20(17)24/h4-11,28H,12-16H2,1-3H3,(H,25,27). The molecule has 0 aromatic heterocycles. The monoisotopic (exact) mass is 384 g/mol. The topological polar surface area (TPSA) is 52.6 Å². The summed E-state index contributed by atoms with van der Waals surface area (Å²) in [4.78, 5) is 14.7. The number of rotatable bonds is 4. The second-order valence-corrected chi connectivity index (χ2v) is 8.68. The van der Waals surface area contributed by atoms with Gasteiger partial charge in [-0.1, -0.05) is 51.1 Å². The lowest BCUT2D eigenvalue weighted by Crippen LogP contribution is -2.51. The van der Waals surface area contributed by atoms with Crippen molar-refractivity contribution in [1.82, 2.24) is 4.90 Å². The predicted molar refractivity (Wildman–Crippen MR) is 110 cm³/mol. The highest BCUT2D eigenvalue weighted by Crippen LogP contribution is 2.27. The number of hydrogen-bond acceptors (Lipinski definition) is 3. The lowest BCUT2D eigenvalue weighted by Gasteiger charge is -2.37. The van der Waals surface area contributed by atoms with Crippen LogP contribution in [0.2, 0.25) is 0 Å². The molecule has 0 unspecified atom stereocenters. The molecule has 0 atom stereocenters. The van der Waals surface area contributed by atoms with Crippen LogP contribution in [0, 0.1) is 5.82 Å². The molecule has 1 amide bonds. The van der Waals surface area contributed by atoms with Crippen LogP contribution in [-0.4, -0.2) is 34.6 Å². The van der Waals surface area contributed by atoms with Crippen LogP contribution in [0.3, 0.4) is 0 Å². The first-order valence-electron chi connectivity index (χ1n) is 9.77. The fourth-order valence-electron chi connectivity index (χ4n) is 3.48. The fourth-order valence-corrected chi connectivity index (χ4v) is 3.48. The van der Waals surface area contributed by atoms with E-state index in [1.807, 2.05) is 30.3 Å². The van der Waals surface area contributed by atoms with Crippen LogP contribution in [0.1, 0.15) is 44.7 Å². The van der Waals surface area contributed by atoms with Gasteiger partial charge in [-0.2, -0.15) is 0 Å². The van der Waals surface area contributed by atoms with E-state index in [0.717, 1.165) is 0 Å². The third-order valence-electron chi connectivity index (χ3n) is 5.47. The molecule has 4 nitrogen and oxygen atoms in total. The van der Waals surface area contributed by atoms with E-state index in [-0.39, 0.29) is 17.1 Å². The Morgan fingerprint density at radius 3 is 2.29 bits per heavy atom. The summed E-state index contributed by atoms with van der Waals surface area (Å²) in [7, 11) is 0. The van der Waals surface area contributed by atoms with E-state index in [1.54, 1.807) is 12.1 Å². The van der Waals surface area contributed by atoms with Gasteiger partial charge in [0.25, 0.3) is 5.91 Å². The maximum Gasteiger partial charge on any atom is 0.256 e. The van der Waals surface area contributed by atoms with E-state index in [2.05, 4.69) is 31.0 Å². The van der Waals surface area contributed by atoms with Crippen LogP contribution in [0.5, 0.6) is 0 Å². The smallest absolute Gasteiger partial charge is 0.256 e. The van der Waals surface area contributed by atoms with Gasteiger partial charge in [-0.25, -0.2) is 4.39 Å². The highest BCUT2D eigenvalue weighted by atomic mass is 19.1. The van der Waals surface area contributed by atoms with Gasteiger partial charge in [0.05, 0.1) is 0 Å². The summed E-state index contributed by atoms with van der Waals surface area (Å²) in [6.45, 7) is 7.98. The molecule has 2 aromatic carbocycles. The van der Waals surface area contributed by atoms with E-state index in [1.165, 1.54) is 11.6 Å². The molecule has 1 heterocycles. The molecule has 150 valence electrons. The molecule has 1 aliphatic heterocycles. The van der Waals surface area contributed by atoms with Crippen LogP contribution in [0.15, 0.2) is 48.5 Å². The number of likely N-dealkylation sites (tertiary alicyclic amines) is 1. The summed E-state index contributed by atoms with van der Waals surface area (Å²) in [5.41, 5.74) is 1.16. The maximum atomic E-state index is 13.8. The number of halogens is 1. The van der Waals surface area contributed by atoms with Crippen molar-refractivity contribution in [3.8, 4) is 0 Å². The Morgan fingerprint density at radius 2 is 1.71 bits per heavy atom. The van der Waals surface area contributed by atoms with Gasteiger partial charge in [0.1, 0.15) is 11.4 Å². The van der Waals surface area contributed by atoms with Crippen molar-refractivity contribution < 1.29 is 14.3 Å². The van der Waals surface area contributed by atoms with Gasteiger partial charge in [0.15, 0.2) is 0 Å². The van der Waals surface area contributed by atoms with E-state index in [4.69, 9.17) is 0 Å². The second-order valence-electron chi connectivity index (χ2n) is 8.68. The SMILES string of the molecule is CC(C)(C)c1ccc(NC(=O)C2(O)CCN(Cc3ccccc3F)CC2)cc1. The molecule has 0 bridgehead atoms. The minimum absolute atomic E-state index is 0.0474. The lowest BCUT2D eigenvalue weighted by atomic mass is 9.87. The first kappa shape index (κ1) is 20.5. The van der Waals surface area contributed by atoms with Gasteiger partial charge in [-0.3, -0.25) is 9.69 Å². The van der Waals surface area contributed by atoms with Crippen LogP contribution >= 0.6 is 0 Å². The number of benzene rings is 2. The Labute approximate surface area is 166 Å². The molecule has 0 spiro atoms. The predicted octanol–water partition coefficient (Wildman–Crippen LogP) is 4.09. The largest absolute Gasteiger partial charge is 0.380 e. The van der Waals surface area contributed by atoms with Crippen molar-refractivity contribution in [2.75, 3.05) is 18.4 Å². The van der Waals surface area contributed by atoms with Gasteiger partial charge >= 0.3 is 0 Å². The number of carbonyl (C=O) groups is 1. The first-order valence-corrected chi connectivity index (χ1v) is 9.77. The fraction of sp³-hybridized carbons (Fsp3) is 0.435. The van der Waals surface area contributed by atoms with Crippen LogP contribution in [-0.2, 0) is 16.8 Å². The summed E-state index contributed by atoms with van der Waals surface area (Å²) in [6.07, 6.45) is 0.653. The lowest BCUT2D eigenvalue weighted by molar-refractivity contribution is -0.139. The average molecular weight is 384 g/mol. The summed E-state index contributed by atoms with van der Waals surface area (Å²) < 4.78 is 13.8. The molecular formula is C23H29FN2O2. The third-order valence-corrected chi connectivity index (χ3v) is 5.47. The van der Waals surface area contributed by atoms with E-state index >= 15 is 0 Å². The molecule has 0 saturated carbocycles. The molecule has 1 aliphatic rings. The molecule has 2 N–H and O–H groups in total. The highest BCUT2D eigenvalue weighted by Gasteiger charge is 2.39. The van der Waals surface area contributed by atoms with Crippen molar-refractivity contribution >= 4 is 11.6 Å². The number of hydrogen-bond donors (Lipinski definition) is 2. The molecule has 1 saturated heterocycles. The van der Waals surface area contributed by atoms with Crippen LogP contribution in [0.4, 0.5) is 10.1 Å². The molecule has 2 aromatic rings. The zero-order valence-corrected chi connectivity index (χ0v) is 16.8. The van der Waals surface area contributed by atoms with Crippen molar-refractivity contribution in [3.63, 3.8) is 0 Å². The van der Waals surface area contributed by atoms with Crippen molar-refractivity contribution in [1.29, 1.82) is 0 Å². The van der Waals surface area contributed by atoms with Gasteiger partial charge in [-0.15, -0.1) is 0 Å². The van der Waals surface area contributed by atoms with Crippen molar-refractivity contribution in [3.05, 3.63) is 65.5 Å². The normalized spacial score (nSPS) is 17.3. The molecule has 3 rings (SSSR count). The van der Waals surface area contributed by atoms with Gasteiger partial charge in [0, 0.05) is 30.9 Å². The number of piperidine rings is 1. The minimum Gasteiger partial charge on any atom is -0.380 e. The van der Waals surface area contributed by atoms with E-state index < -0.39 is 5.60 Å². The van der Waals surface area contributed by atoms with Gasteiger partial charge in [-0.05, 0) is 42.0 Å². The zero-order chi connectivity index (χ0) is 20.4. The zero-order valence-electron chi connectivity index (χ0n) is 16.8. The molecule has 28 heavy (non-hydrogen) atoms.